The Bertz CT molecular complexity index is 318. The van der Waals surface area contributed by atoms with Gasteiger partial charge in [-0.3, -0.25) is 0 Å². The van der Waals surface area contributed by atoms with Crippen LogP contribution in [-0.4, -0.2) is 91.9 Å². The van der Waals surface area contributed by atoms with Gasteiger partial charge in [0.2, 0.25) is 0 Å². The van der Waals surface area contributed by atoms with Crippen LogP contribution in [0.1, 0.15) is 13.8 Å². The molecule has 0 spiro atoms. The topological polar surface area (TPSA) is 200 Å². The van der Waals surface area contributed by atoms with E-state index in [1.54, 1.807) is 6.92 Å². The Labute approximate surface area is 127 Å². The summed E-state index contributed by atoms with van der Waals surface area (Å²) in [6.45, 7) is 2.86. The van der Waals surface area contributed by atoms with Gasteiger partial charge in [-0.05, 0) is 13.8 Å². The first-order chi connectivity index (χ1) is 10.0. The molecule has 10 N–H and O–H groups in total. The molecule has 1 rings (SSSR count). The van der Waals surface area contributed by atoms with Gasteiger partial charge >= 0.3 is 0 Å². The number of hydrogen-bond acceptors (Lipinski definition) is 10. The van der Waals surface area contributed by atoms with E-state index in [0.29, 0.717) is 6.29 Å². The highest BCUT2D eigenvalue weighted by atomic mass is 16.6. The highest BCUT2D eigenvalue weighted by Gasteiger charge is 2.39. The van der Waals surface area contributed by atoms with Crippen LogP contribution in [0.15, 0.2) is 0 Å². The third kappa shape index (κ3) is 5.83. The molecule has 0 amide bonds. The second-order valence-electron chi connectivity index (χ2n) is 5.23. The lowest BCUT2D eigenvalue weighted by Crippen LogP contribution is -2.60. The van der Waals surface area contributed by atoms with Crippen LogP contribution < -0.4 is 11.5 Å². The van der Waals surface area contributed by atoms with Gasteiger partial charge in [0.05, 0.1) is 24.3 Å². The summed E-state index contributed by atoms with van der Waals surface area (Å²) < 4.78 is 4.80. The van der Waals surface area contributed by atoms with Crippen molar-refractivity contribution in [2.45, 2.75) is 68.8 Å². The lowest BCUT2D eigenvalue weighted by molar-refractivity contribution is -0.236. The minimum Gasteiger partial charge on any atom is -0.391 e. The highest BCUT2D eigenvalue weighted by Crippen LogP contribution is 2.17. The van der Waals surface area contributed by atoms with Crippen molar-refractivity contribution >= 4 is 6.29 Å². The molecule has 1 fully saturated rings. The Morgan fingerprint density at radius 1 is 1.09 bits per heavy atom. The lowest BCUT2D eigenvalue weighted by Gasteiger charge is -2.37. The van der Waals surface area contributed by atoms with E-state index in [1.165, 1.54) is 6.92 Å². The largest absolute Gasteiger partial charge is 0.391 e. The summed E-state index contributed by atoms with van der Waals surface area (Å²) in [7, 11) is 0. The fourth-order valence-electron chi connectivity index (χ4n) is 1.66. The van der Waals surface area contributed by atoms with E-state index >= 15 is 0 Å². The summed E-state index contributed by atoms with van der Waals surface area (Å²) in [4.78, 5) is 10.00. The quantitative estimate of drug-likeness (QED) is 0.232. The molecule has 1 saturated heterocycles. The van der Waals surface area contributed by atoms with Crippen molar-refractivity contribution in [3.05, 3.63) is 0 Å². The second kappa shape index (κ2) is 9.45. The third-order valence-corrected chi connectivity index (χ3v) is 3.30. The molecule has 1 unspecified atom stereocenters. The van der Waals surface area contributed by atoms with E-state index in [9.17, 15) is 9.90 Å². The minimum atomic E-state index is -1.41. The van der Waals surface area contributed by atoms with Crippen LogP contribution in [0.4, 0.5) is 0 Å². The van der Waals surface area contributed by atoms with Gasteiger partial charge in [-0.15, -0.1) is 0 Å². The molecule has 0 saturated carbocycles. The average molecular weight is 326 g/mol. The summed E-state index contributed by atoms with van der Waals surface area (Å²) in [6.07, 6.45) is -7.49. The average Bonchev–Trinajstić information content (AvgIpc) is 2.49. The Hall–Kier alpha value is -0.690. The Morgan fingerprint density at radius 3 is 2.00 bits per heavy atom. The van der Waals surface area contributed by atoms with Crippen LogP contribution in [0.5, 0.6) is 0 Å². The van der Waals surface area contributed by atoms with Gasteiger partial charge < -0.3 is 51.6 Å². The van der Waals surface area contributed by atoms with Crippen molar-refractivity contribution in [1.29, 1.82) is 0 Å². The molecule has 0 aliphatic carbocycles. The summed E-state index contributed by atoms with van der Waals surface area (Å²) >= 11 is 0. The monoisotopic (exact) mass is 326 g/mol. The van der Waals surface area contributed by atoms with E-state index in [2.05, 4.69) is 0 Å². The molecular weight excluding hydrogens is 300 g/mol. The summed E-state index contributed by atoms with van der Waals surface area (Å²) in [5.41, 5.74) is 10.4. The predicted molar refractivity (Wildman–Crippen MR) is 74.3 cm³/mol. The van der Waals surface area contributed by atoms with E-state index in [-0.39, 0.29) is 0 Å². The van der Waals surface area contributed by atoms with E-state index in [4.69, 9.17) is 41.7 Å². The zero-order valence-electron chi connectivity index (χ0n) is 12.4. The molecule has 22 heavy (non-hydrogen) atoms. The standard InChI is InChI=1S/2C6H13NO4/c1-2-4(8)5(9)3(7)6(10)11-2;1-3(9)5(10)6(11)4(7)2-8/h2-6,8-10H,7H2,1H3;2-6,9-11H,7H2,1H3/t2-,3-,4+,5-,6?;3-,4+,5+,6-/m11/s1. The Kier molecular flexibility index (Phi) is 9.15. The maximum Gasteiger partial charge on any atom is 0.172 e. The predicted octanol–water partition coefficient (Wildman–Crippen LogP) is -4.61. The van der Waals surface area contributed by atoms with Gasteiger partial charge in [-0.2, -0.15) is 0 Å². The smallest absolute Gasteiger partial charge is 0.172 e. The summed E-state index contributed by atoms with van der Waals surface area (Å²) in [6, 6.07) is -2.08. The molecule has 1 aliphatic rings. The van der Waals surface area contributed by atoms with Crippen LogP contribution in [0.25, 0.3) is 0 Å². The van der Waals surface area contributed by atoms with Crippen LogP contribution >= 0.6 is 0 Å². The van der Waals surface area contributed by atoms with Crippen molar-refractivity contribution in [2.24, 2.45) is 11.5 Å². The van der Waals surface area contributed by atoms with Crippen LogP contribution in [-0.2, 0) is 9.53 Å². The molecular formula is C12H26N2O8. The van der Waals surface area contributed by atoms with Crippen molar-refractivity contribution in [2.75, 3.05) is 0 Å². The molecule has 0 radical (unpaired) electrons. The number of carbonyl (C=O) groups excluding carboxylic acids is 1. The van der Waals surface area contributed by atoms with E-state index in [0.717, 1.165) is 0 Å². The first-order valence-electron chi connectivity index (χ1n) is 6.74. The van der Waals surface area contributed by atoms with E-state index in [1.807, 2.05) is 0 Å². The number of aliphatic hydroxyl groups excluding tert-OH is 6. The fourth-order valence-corrected chi connectivity index (χ4v) is 1.66. The van der Waals surface area contributed by atoms with Crippen molar-refractivity contribution in [1.82, 2.24) is 0 Å². The first kappa shape index (κ1) is 21.3. The number of ether oxygens (including phenoxy) is 1. The van der Waals surface area contributed by atoms with Crippen LogP contribution in [0, 0.1) is 0 Å². The van der Waals surface area contributed by atoms with Crippen molar-refractivity contribution in [3.8, 4) is 0 Å². The van der Waals surface area contributed by atoms with Crippen LogP contribution in [0.3, 0.4) is 0 Å². The molecule has 0 bridgehead atoms. The normalized spacial score (nSPS) is 37.3. The molecule has 0 aromatic rings. The molecule has 9 atom stereocenters. The van der Waals surface area contributed by atoms with Gasteiger partial charge in [0.1, 0.15) is 30.7 Å². The second-order valence-corrected chi connectivity index (χ2v) is 5.23. The third-order valence-electron chi connectivity index (χ3n) is 3.30. The molecule has 1 aliphatic heterocycles. The molecule has 0 aromatic carbocycles. The summed E-state index contributed by atoms with van der Waals surface area (Å²) in [5, 5.41) is 54.1. The van der Waals surface area contributed by atoms with E-state index < -0.39 is 55.0 Å². The fraction of sp³-hybridized carbons (Fsp3) is 0.917. The zero-order valence-corrected chi connectivity index (χ0v) is 12.4. The SMILES string of the molecule is C[C@@H](O)[C@H](O)[C@H](O)[C@@H](N)C=O.C[C@H]1OC(O)[C@H](N)[C@@H](O)[C@H]1O. The highest BCUT2D eigenvalue weighted by molar-refractivity contribution is 5.58. The molecule has 10 heteroatoms. The lowest BCUT2D eigenvalue weighted by atomic mass is 9.99. The zero-order chi connectivity index (χ0) is 17.6. The molecule has 1 heterocycles. The molecule has 10 nitrogen and oxygen atoms in total. The maximum atomic E-state index is 10.00. The minimum absolute atomic E-state index is 0.316. The number of aldehydes is 1. The van der Waals surface area contributed by atoms with Crippen molar-refractivity contribution in [3.63, 3.8) is 0 Å². The van der Waals surface area contributed by atoms with Gasteiger partial charge in [0.25, 0.3) is 0 Å². The number of rotatable bonds is 4. The number of nitrogens with two attached hydrogens (primary N) is 2. The Balaban J connectivity index is 0.000000401. The van der Waals surface area contributed by atoms with Gasteiger partial charge in [-0.1, -0.05) is 0 Å². The summed E-state index contributed by atoms with van der Waals surface area (Å²) in [5.74, 6) is 0. The van der Waals surface area contributed by atoms with Gasteiger partial charge in [-0.25, -0.2) is 0 Å². The van der Waals surface area contributed by atoms with Gasteiger partial charge in [0.15, 0.2) is 6.29 Å². The first-order valence-corrected chi connectivity index (χ1v) is 6.74. The number of carbonyl (C=O) groups is 1. The Morgan fingerprint density at radius 2 is 1.59 bits per heavy atom. The van der Waals surface area contributed by atoms with Gasteiger partial charge in [0, 0.05) is 0 Å². The van der Waals surface area contributed by atoms with Crippen molar-refractivity contribution < 1.29 is 40.2 Å². The maximum absolute atomic E-state index is 10.00. The number of hydrogen-bond donors (Lipinski definition) is 8. The molecule has 0 aromatic heterocycles. The number of aliphatic hydroxyl groups is 6. The molecule has 132 valence electrons. The van der Waals surface area contributed by atoms with Crippen LogP contribution in [0.2, 0.25) is 0 Å².